The molecule has 2 fully saturated rings. The minimum Gasteiger partial charge on any atom is -0.376 e. The highest BCUT2D eigenvalue weighted by molar-refractivity contribution is 4.81. The number of hydrogen-bond acceptors (Lipinski definition) is 5. The highest BCUT2D eigenvalue weighted by Crippen LogP contribution is 2.13. The van der Waals surface area contributed by atoms with Gasteiger partial charge in [-0.2, -0.15) is 0 Å². The van der Waals surface area contributed by atoms with E-state index in [1.165, 1.54) is 32.4 Å². The first-order valence-electron chi connectivity index (χ1n) is 8.72. The third-order valence-electron chi connectivity index (χ3n) is 4.81. The molecule has 0 spiro atoms. The minimum absolute atomic E-state index is 0.364. The van der Waals surface area contributed by atoms with Gasteiger partial charge in [-0.25, -0.2) is 0 Å². The molecule has 0 saturated carbocycles. The van der Waals surface area contributed by atoms with E-state index < -0.39 is 0 Å². The number of aryl methyl sites for hydroxylation is 1. The van der Waals surface area contributed by atoms with Crippen molar-refractivity contribution >= 4 is 0 Å². The van der Waals surface area contributed by atoms with Gasteiger partial charge < -0.3 is 14.2 Å². The van der Waals surface area contributed by atoms with Crippen molar-refractivity contribution in [2.24, 2.45) is 0 Å². The van der Waals surface area contributed by atoms with Crippen LogP contribution in [-0.4, -0.2) is 76.5 Å². The van der Waals surface area contributed by atoms with Crippen molar-refractivity contribution in [3.8, 4) is 0 Å². The Balaban J connectivity index is 1.47. The number of nitrogens with zero attached hydrogens (tertiary/aromatic N) is 5. The zero-order chi connectivity index (χ0) is 15.2. The quantitative estimate of drug-likeness (QED) is 0.817. The smallest absolute Gasteiger partial charge is 0.129 e. The Morgan fingerprint density at radius 2 is 1.91 bits per heavy atom. The molecule has 6 nitrogen and oxygen atoms in total. The van der Waals surface area contributed by atoms with E-state index in [4.69, 9.17) is 4.74 Å². The topological polar surface area (TPSA) is 46.4 Å². The van der Waals surface area contributed by atoms with Crippen molar-refractivity contribution in [2.75, 3.05) is 45.9 Å². The highest BCUT2D eigenvalue weighted by Gasteiger charge is 2.22. The van der Waals surface area contributed by atoms with E-state index in [0.29, 0.717) is 6.10 Å². The van der Waals surface area contributed by atoms with E-state index in [1.54, 1.807) is 0 Å². The molecule has 124 valence electrons. The second kappa shape index (κ2) is 8.04. The lowest BCUT2D eigenvalue weighted by Gasteiger charge is -2.31. The van der Waals surface area contributed by atoms with Gasteiger partial charge in [-0.15, -0.1) is 10.2 Å². The molecule has 22 heavy (non-hydrogen) atoms. The Hall–Kier alpha value is -0.980. The van der Waals surface area contributed by atoms with Crippen LogP contribution in [0.2, 0.25) is 0 Å². The maximum absolute atomic E-state index is 6.08. The summed E-state index contributed by atoms with van der Waals surface area (Å²) in [5.41, 5.74) is 0. The lowest BCUT2D eigenvalue weighted by molar-refractivity contribution is 0.0221. The third kappa shape index (κ3) is 4.51. The van der Waals surface area contributed by atoms with Gasteiger partial charge >= 0.3 is 0 Å². The van der Waals surface area contributed by atoms with Crippen LogP contribution >= 0.6 is 0 Å². The van der Waals surface area contributed by atoms with Gasteiger partial charge in [-0.3, -0.25) is 4.90 Å². The van der Waals surface area contributed by atoms with Gasteiger partial charge in [0.05, 0.1) is 6.10 Å². The number of rotatable bonds is 5. The summed E-state index contributed by atoms with van der Waals surface area (Å²) in [6.07, 6.45) is 7.42. The van der Waals surface area contributed by atoms with E-state index >= 15 is 0 Å². The zero-order valence-corrected chi connectivity index (χ0v) is 13.8. The summed E-state index contributed by atoms with van der Waals surface area (Å²) in [5, 5.41) is 8.01. The van der Waals surface area contributed by atoms with E-state index in [1.807, 2.05) is 13.3 Å². The molecule has 1 aromatic heterocycles. The molecule has 2 saturated heterocycles. The van der Waals surface area contributed by atoms with Crippen LogP contribution in [0.15, 0.2) is 6.33 Å². The molecule has 0 amide bonds. The lowest BCUT2D eigenvalue weighted by atomic mass is 10.1. The number of hydrogen-bond donors (Lipinski definition) is 0. The third-order valence-corrected chi connectivity index (χ3v) is 4.81. The standard InChI is InChI=1S/C16H29N5O/c1-15-18-17-14-21(15)10-9-20-8-5-11-22-16(13-20)12-19-6-3-2-4-7-19/h14,16H,2-13H2,1H3. The summed E-state index contributed by atoms with van der Waals surface area (Å²) in [4.78, 5) is 5.13. The molecule has 0 aliphatic carbocycles. The summed E-state index contributed by atoms with van der Waals surface area (Å²) in [6, 6.07) is 0. The van der Waals surface area contributed by atoms with Crippen molar-refractivity contribution < 1.29 is 4.74 Å². The number of likely N-dealkylation sites (tertiary alicyclic amines) is 1. The molecule has 0 N–H and O–H groups in total. The summed E-state index contributed by atoms with van der Waals surface area (Å²) in [6.45, 7) is 10.7. The van der Waals surface area contributed by atoms with Crippen molar-refractivity contribution in [1.82, 2.24) is 24.6 Å². The molecular weight excluding hydrogens is 278 g/mol. The molecule has 6 heteroatoms. The Morgan fingerprint density at radius 3 is 2.68 bits per heavy atom. The second-order valence-electron chi connectivity index (χ2n) is 6.58. The van der Waals surface area contributed by atoms with Crippen LogP contribution in [0.25, 0.3) is 0 Å². The van der Waals surface area contributed by atoms with Crippen molar-refractivity contribution in [1.29, 1.82) is 0 Å². The van der Waals surface area contributed by atoms with Gasteiger partial charge in [0.2, 0.25) is 0 Å². The van der Waals surface area contributed by atoms with Crippen LogP contribution in [0.1, 0.15) is 31.5 Å². The fraction of sp³-hybridized carbons (Fsp3) is 0.875. The summed E-state index contributed by atoms with van der Waals surface area (Å²) in [5.74, 6) is 0.996. The first kappa shape index (κ1) is 15.9. The first-order chi connectivity index (χ1) is 10.8. The molecule has 2 aliphatic rings. The van der Waals surface area contributed by atoms with E-state index in [0.717, 1.165) is 51.6 Å². The molecule has 0 bridgehead atoms. The monoisotopic (exact) mass is 307 g/mol. The van der Waals surface area contributed by atoms with Crippen LogP contribution in [0.3, 0.4) is 0 Å². The van der Waals surface area contributed by atoms with E-state index in [9.17, 15) is 0 Å². The Morgan fingerprint density at radius 1 is 1.09 bits per heavy atom. The molecule has 3 heterocycles. The van der Waals surface area contributed by atoms with Crippen LogP contribution in [0, 0.1) is 6.92 Å². The molecular formula is C16H29N5O. The van der Waals surface area contributed by atoms with Crippen molar-refractivity contribution in [3.63, 3.8) is 0 Å². The molecule has 0 radical (unpaired) electrons. The average Bonchev–Trinajstić information content (AvgIpc) is 2.81. The summed E-state index contributed by atoms with van der Waals surface area (Å²) in [7, 11) is 0. The summed E-state index contributed by atoms with van der Waals surface area (Å²) < 4.78 is 8.21. The molecule has 1 atom stereocenters. The zero-order valence-electron chi connectivity index (χ0n) is 13.8. The van der Waals surface area contributed by atoms with Gasteiger partial charge in [0.1, 0.15) is 12.2 Å². The molecule has 2 aliphatic heterocycles. The van der Waals surface area contributed by atoms with Crippen LogP contribution in [0.5, 0.6) is 0 Å². The number of piperidine rings is 1. The predicted octanol–water partition coefficient (Wildman–Crippen LogP) is 1.16. The van der Waals surface area contributed by atoms with Crippen molar-refractivity contribution in [2.45, 2.75) is 45.3 Å². The van der Waals surface area contributed by atoms with Crippen LogP contribution in [-0.2, 0) is 11.3 Å². The molecule has 0 aromatic carbocycles. The first-order valence-corrected chi connectivity index (χ1v) is 8.72. The normalized spacial score (nSPS) is 25.2. The van der Waals surface area contributed by atoms with Gasteiger partial charge in [0, 0.05) is 39.3 Å². The maximum atomic E-state index is 6.08. The average molecular weight is 307 g/mol. The van der Waals surface area contributed by atoms with Gasteiger partial charge in [0.25, 0.3) is 0 Å². The molecule has 1 unspecified atom stereocenters. The lowest BCUT2D eigenvalue weighted by Crippen LogP contribution is -2.42. The Bertz CT molecular complexity index is 443. The maximum Gasteiger partial charge on any atom is 0.129 e. The second-order valence-corrected chi connectivity index (χ2v) is 6.58. The SMILES string of the molecule is Cc1nncn1CCN1CCCOC(CN2CCCCC2)C1. The largest absolute Gasteiger partial charge is 0.376 e. The molecule has 1 aromatic rings. The fourth-order valence-corrected chi connectivity index (χ4v) is 3.50. The fourth-order valence-electron chi connectivity index (χ4n) is 3.50. The Labute approximate surface area is 133 Å². The predicted molar refractivity (Wildman–Crippen MR) is 85.8 cm³/mol. The van der Waals surface area contributed by atoms with Gasteiger partial charge in [-0.1, -0.05) is 6.42 Å². The summed E-state index contributed by atoms with van der Waals surface area (Å²) >= 11 is 0. The number of ether oxygens (including phenoxy) is 1. The minimum atomic E-state index is 0.364. The molecule has 3 rings (SSSR count). The van der Waals surface area contributed by atoms with Gasteiger partial charge in [-0.05, 0) is 39.3 Å². The van der Waals surface area contributed by atoms with Crippen LogP contribution in [0.4, 0.5) is 0 Å². The Kier molecular flexibility index (Phi) is 5.81. The van der Waals surface area contributed by atoms with Crippen molar-refractivity contribution in [3.05, 3.63) is 12.2 Å². The van der Waals surface area contributed by atoms with E-state index in [-0.39, 0.29) is 0 Å². The highest BCUT2D eigenvalue weighted by atomic mass is 16.5. The van der Waals surface area contributed by atoms with Crippen LogP contribution < -0.4 is 0 Å². The number of aromatic nitrogens is 3. The van der Waals surface area contributed by atoms with Gasteiger partial charge in [0.15, 0.2) is 0 Å². The van der Waals surface area contributed by atoms with E-state index in [2.05, 4.69) is 24.6 Å².